The van der Waals surface area contributed by atoms with Gasteiger partial charge in [0, 0.05) is 12.3 Å². The largest absolute Gasteiger partial charge is 0.462 e. The van der Waals surface area contributed by atoms with Crippen LogP contribution in [0, 0.1) is 0 Å². The molecule has 0 saturated carbocycles. The molecule has 4 nitrogen and oxygen atoms in total. The van der Waals surface area contributed by atoms with Crippen molar-refractivity contribution in [2.75, 3.05) is 18.9 Å². The summed E-state index contributed by atoms with van der Waals surface area (Å²) in [7, 11) is 0. The van der Waals surface area contributed by atoms with Crippen LogP contribution in [-0.4, -0.2) is 25.3 Å². The minimum Gasteiger partial charge on any atom is -0.462 e. The number of ether oxygens (including phenoxy) is 2. The highest BCUT2D eigenvalue weighted by atomic mass is 35.5. The van der Waals surface area contributed by atoms with E-state index in [-0.39, 0.29) is 5.56 Å². The molecule has 0 spiro atoms. The lowest BCUT2D eigenvalue weighted by molar-refractivity contribution is 0.0462. The van der Waals surface area contributed by atoms with Crippen LogP contribution in [0.25, 0.3) is 0 Å². The van der Waals surface area contributed by atoms with Gasteiger partial charge in [0.05, 0.1) is 17.7 Å². The second-order valence-corrected chi connectivity index (χ2v) is 5.02. The predicted octanol–water partition coefficient (Wildman–Crippen LogP) is 3.04. The van der Waals surface area contributed by atoms with Crippen LogP contribution in [0.5, 0.6) is 0 Å². The summed E-state index contributed by atoms with van der Waals surface area (Å²) in [4.78, 5) is 11.9. The SMILES string of the molecule is Nc1cccc(Cl)c1C(=O)OCCCC1CCCO1. The van der Waals surface area contributed by atoms with E-state index in [1.165, 1.54) is 0 Å². The third kappa shape index (κ3) is 3.85. The van der Waals surface area contributed by atoms with Gasteiger partial charge in [0.1, 0.15) is 5.56 Å². The van der Waals surface area contributed by atoms with Crippen molar-refractivity contribution in [1.82, 2.24) is 0 Å². The molecule has 0 bridgehead atoms. The van der Waals surface area contributed by atoms with E-state index in [1.54, 1.807) is 18.2 Å². The number of nitrogens with two attached hydrogens (primary N) is 1. The second kappa shape index (κ2) is 6.78. The smallest absolute Gasteiger partial charge is 0.341 e. The van der Waals surface area contributed by atoms with E-state index in [1.807, 2.05) is 0 Å². The standard InChI is InChI=1S/C14H18ClNO3/c15-11-6-1-7-12(16)13(11)14(17)19-9-3-5-10-4-2-8-18-10/h1,6-7,10H,2-5,8-9,16H2. The van der Waals surface area contributed by atoms with Crippen molar-refractivity contribution in [3.63, 3.8) is 0 Å². The zero-order valence-electron chi connectivity index (χ0n) is 10.7. The first-order valence-corrected chi connectivity index (χ1v) is 6.89. The lowest BCUT2D eigenvalue weighted by atomic mass is 10.1. The van der Waals surface area contributed by atoms with Crippen LogP contribution in [0.2, 0.25) is 5.02 Å². The first-order chi connectivity index (χ1) is 9.18. The fourth-order valence-corrected chi connectivity index (χ4v) is 2.44. The van der Waals surface area contributed by atoms with Crippen molar-refractivity contribution in [2.45, 2.75) is 31.8 Å². The first kappa shape index (κ1) is 14.2. The molecule has 104 valence electrons. The highest BCUT2D eigenvalue weighted by Gasteiger charge is 2.17. The maximum absolute atomic E-state index is 11.9. The molecule has 19 heavy (non-hydrogen) atoms. The highest BCUT2D eigenvalue weighted by Crippen LogP contribution is 2.23. The van der Waals surface area contributed by atoms with Crippen LogP contribution in [0.15, 0.2) is 18.2 Å². The number of anilines is 1. The van der Waals surface area contributed by atoms with Crippen LogP contribution in [0.1, 0.15) is 36.0 Å². The maximum atomic E-state index is 11.9. The average molecular weight is 284 g/mol. The van der Waals surface area contributed by atoms with Crippen LogP contribution < -0.4 is 5.73 Å². The Kier molecular flexibility index (Phi) is 5.05. The molecule has 1 unspecified atom stereocenters. The van der Waals surface area contributed by atoms with Crippen LogP contribution in [0.4, 0.5) is 5.69 Å². The maximum Gasteiger partial charge on any atom is 0.341 e. The molecule has 1 aromatic rings. The minimum absolute atomic E-state index is 0.251. The average Bonchev–Trinajstić information content (AvgIpc) is 2.87. The van der Waals surface area contributed by atoms with Crippen molar-refractivity contribution < 1.29 is 14.3 Å². The zero-order chi connectivity index (χ0) is 13.7. The Bertz CT molecular complexity index is 424. The lowest BCUT2D eigenvalue weighted by Crippen LogP contribution is -2.12. The van der Waals surface area contributed by atoms with Gasteiger partial charge in [0.15, 0.2) is 0 Å². The fourth-order valence-electron chi connectivity index (χ4n) is 2.18. The number of benzene rings is 1. The molecule has 1 fully saturated rings. The molecule has 1 aliphatic heterocycles. The van der Waals surface area contributed by atoms with Crippen molar-refractivity contribution in [1.29, 1.82) is 0 Å². The quantitative estimate of drug-likeness (QED) is 0.512. The van der Waals surface area contributed by atoms with Gasteiger partial charge in [-0.25, -0.2) is 4.79 Å². The van der Waals surface area contributed by atoms with E-state index in [4.69, 9.17) is 26.8 Å². The first-order valence-electron chi connectivity index (χ1n) is 6.51. The molecule has 1 aromatic carbocycles. The van der Waals surface area contributed by atoms with Gasteiger partial charge < -0.3 is 15.2 Å². The Hall–Kier alpha value is -1.26. The number of hydrogen-bond donors (Lipinski definition) is 1. The van der Waals surface area contributed by atoms with E-state index in [2.05, 4.69) is 0 Å². The number of carbonyl (C=O) groups excluding carboxylic acids is 1. The Morgan fingerprint density at radius 3 is 3.05 bits per heavy atom. The monoisotopic (exact) mass is 283 g/mol. The van der Waals surface area contributed by atoms with E-state index in [0.29, 0.717) is 23.4 Å². The molecule has 1 aliphatic rings. The van der Waals surface area contributed by atoms with E-state index in [0.717, 1.165) is 32.3 Å². The number of esters is 1. The van der Waals surface area contributed by atoms with Crippen molar-refractivity contribution in [2.24, 2.45) is 0 Å². The van der Waals surface area contributed by atoms with Crippen molar-refractivity contribution >= 4 is 23.3 Å². The predicted molar refractivity (Wildman–Crippen MR) is 74.4 cm³/mol. The summed E-state index contributed by atoms with van der Waals surface area (Å²) >= 11 is 5.94. The second-order valence-electron chi connectivity index (χ2n) is 4.62. The molecular formula is C14H18ClNO3. The normalized spacial score (nSPS) is 18.5. The zero-order valence-corrected chi connectivity index (χ0v) is 11.5. The van der Waals surface area contributed by atoms with Gasteiger partial charge in [-0.3, -0.25) is 0 Å². The topological polar surface area (TPSA) is 61.6 Å². The number of nitrogen functional groups attached to an aromatic ring is 1. The summed E-state index contributed by atoms with van der Waals surface area (Å²) in [6.07, 6.45) is 4.27. The Morgan fingerprint density at radius 1 is 1.53 bits per heavy atom. The molecule has 1 saturated heterocycles. The summed E-state index contributed by atoms with van der Waals surface area (Å²) in [5.74, 6) is -0.463. The minimum atomic E-state index is -0.463. The van der Waals surface area contributed by atoms with Gasteiger partial charge in [-0.2, -0.15) is 0 Å². The number of hydrogen-bond acceptors (Lipinski definition) is 4. The van der Waals surface area contributed by atoms with Gasteiger partial charge >= 0.3 is 5.97 Å². The van der Waals surface area contributed by atoms with Gasteiger partial charge in [-0.05, 0) is 37.8 Å². The summed E-state index contributed by atoms with van der Waals surface area (Å²) in [5.41, 5.74) is 6.32. The molecular weight excluding hydrogens is 266 g/mol. The molecule has 2 N–H and O–H groups in total. The number of rotatable bonds is 5. The lowest BCUT2D eigenvalue weighted by Gasteiger charge is -2.10. The van der Waals surface area contributed by atoms with Crippen LogP contribution >= 0.6 is 11.6 Å². The Balaban J connectivity index is 1.77. The molecule has 1 atom stereocenters. The van der Waals surface area contributed by atoms with Gasteiger partial charge in [0.2, 0.25) is 0 Å². The molecule has 2 rings (SSSR count). The van der Waals surface area contributed by atoms with Crippen LogP contribution in [0.3, 0.4) is 0 Å². The van der Waals surface area contributed by atoms with Crippen molar-refractivity contribution in [3.8, 4) is 0 Å². The molecule has 0 aliphatic carbocycles. The third-order valence-electron chi connectivity index (χ3n) is 3.18. The Morgan fingerprint density at radius 2 is 2.37 bits per heavy atom. The van der Waals surface area contributed by atoms with Crippen LogP contribution in [-0.2, 0) is 9.47 Å². The molecule has 0 aromatic heterocycles. The Labute approximate surface area is 117 Å². The molecule has 0 radical (unpaired) electrons. The van der Waals surface area contributed by atoms with E-state index >= 15 is 0 Å². The summed E-state index contributed by atoms with van der Waals surface area (Å²) in [5, 5.41) is 0.323. The van der Waals surface area contributed by atoms with Crippen molar-refractivity contribution in [3.05, 3.63) is 28.8 Å². The van der Waals surface area contributed by atoms with Gasteiger partial charge in [-0.1, -0.05) is 17.7 Å². The third-order valence-corrected chi connectivity index (χ3v) is 3.49. The number of carbonyl (C=O) groups is 1. The van der Waals surface area contributed by atoms with Gasteiger partial charge in [-0.15, -0.1) is 0 Å². The highest BCUT2D eigenvalue weighted by molar-refractivity contribution is 6.34. The van der Waals surface area contributed by atoms with E-state index in [9.17, 15) is 4.79 Å². The molecule has 1 heterocycles. The molecule has 5 heteroatoms. The fraction of sp³-hybridized carbons (Fsp3) is 0.500. The number of halogens is 1. The molecule has 0 amide bonds. The summed E-state index contributed by atoms with van der Waals surface area (Å²) in [6.45, 7) is 1.21. The summed E-state index contributed by atoms with van der Waals surface area (Å²) in [6, 6.07) is 4.96. The van der Waals surface area contributed by atoms with Gasteiger partial charge in [0.25, 0.3) is 0 Å². The summed E-state index contributed by atoms with van der Waals surface area (Å²) < 4.78 is 10.7. The van der Waals surface area contributed by atoms with E-state index < -0.39 is 5.97 Å².